The Morgan fingerprint density at radius 2 is 2.00 bits per heavy atom. The molecule has 0 unspecified atom stereocenters. The van der Waals surface area contributed by atoms with Crippen molar-refractivity contribution < 1.29 is 22.8 Å². The number of fused-ring (bicyclic) bond motifs is 1. The number of alkyl halides is 3. The zero-order valence-corrected chi connectivity index (χ0v) is 14.4. The molecule has 3 rings (SSSR count). The van der Waals surface area contributed by atoms with Crippen LogP contribution in [0.3, 0.4) is 0 Å². The van der Waals surface area contributed by atoms with E-state index in [-0.39, 0.29) is 4.96 Å². The molecule has 1 amide bonds. The van der Waals surface area contributed by atoms with Gasteiger partial charge in [-0.1, -0.05) is 34.7 Å². The maximum Gasteiger partial charge on any atom is 0.453 e. The Kier molecular flexibility index (Phi) is 4.64. The van der Waals surface area contributed by atoms with Gasteiger partial charge in [0.1, 0.15) is 0 Å². The number of benzene rings is 1. The number of rotatable bonds is 3. The van der Waals surface area contributed by atoms with Crippen LogP contribution in [-0.2, 0) is 11.0 Å². The fourth-order valence-electron chi connectivity index (χ4n) is 2.11. The minimum atomic E-state index is -4.61. The Labute approximate surface area is 149 Å². The minimum Gasteiger partial charge on any atom is -0.297 e. The highest BCUT2D eigenvalue weighted by Gasteiger charge is 2.37. The number of oxime groups is 1. The summed E-state index contributed by atoms with van der Waals surface area (Å²) < 4.78 is 39.1. The van der Waals surface area contributed by atoms with Gasteiger partial charge in [0.25, 0.3) is 5.82 Å². The van der Waals surface area contributed by atoms with Gasteiger partial charge in [-0.25, -0.2) is 9.31 Å². The lowest BCUT2D eigenvalue weighted by molar-refractivity contribution is -0.144. The fourth-order valence-corrected chi connectivity index (χ4v) is 3.11. The van der Waals surface area contributed by atoms with Gasteiger partial charge in [-0.05, 0) is 26.0 Å². The number of thiazole rings is 1. The number of hydrogen-bond acceptors (Lipinski definition) is 6. The van der Waals surface area contributed by atoms with Gasteiger partial charge in [-0.2, -0.15) is 18.2 Å². The van der Waals surface area contributed by atoms with E-state index in [4.69, 9.17) is 4.84 Å². The van der Waals surface area contributed by atoms with E-state index in [1.165, 1.54) is 0 Å². The number of halogens is 3. The summed E-state index contributed by atoms with van der Waals surface area (Å²) in [6, 6.07) is 8.65. The molecule has 0 spiro atoms. The zero-order valence-electron chi connectivity index (χ0n) is 13.5. The first kappa shape index (κ1) is 17.9. The average molecular weight is 383 g/mol. The van der Waals surface area contributed by atoms with E-state index in [0.717, 1.165) is 15.9 Å². The Balaban J connectivity index is 1.75. The largest absolute Gasteiger partial charge is 0.453 e. The van der Waals surface area contributed by atoms with E-state index in [2.05, 4.69) is 20.6 Å². The van der Waals surface area contributed by atoms with Crippen LogP contribution in [0.5, 0.6) is 0 Å². The number of aromatic nitrogens is 3. The van der Waals surface area contributed by atoms with Crippen molar-refractivity contribution in [3.63, 3.8) is 0 Å². The Bertz CT molecular complexity index is 978. The Morgan fingerprint density at radius 3 is 2.62 bits per heavy atom. The lowest BCUT2D eigenvalue weighted by atomic mass is 10.3. The van der Waals surface area contributed by atoms with Crippen LogP contribution < -0.4 is 5.32 Å². The van der Waals surface area contributed by atoms with E-state index >= 15 is 0 Å². The summed E-state index contributed by atoms with van der Waals surface area (Å²) >= 11 is 0.971. The quantitative estimate of drug-likeness (QED) is 0.420. The predicted molar refractivity (Wildman–Crippen MR) is 89.4 cm³/mol. The number of hydrogen-bond donors (Lipinski definition) is 1. The summed E-state index contributed by atoms with van der Waals surface area (Å²) in [5.74, 6) is -1.20. The molecule has 1 N–H and O–H groups in total. The highest BCUT2D eigenvalue weighted by atomic mass is 32.1. The summed E-state index contributed by atoms with van der Waals surface area (Å²) in [7, 11) is 0. The molecule has 0 saturated heterocycles. The Morgan fingerprint density at radius 1 is 1.31 bits per heavy atom. The van der Waals surface area contributed by atoms with Gasteiger partial charge in [0.05, 0.1) is 16.3 Å². The molecular weight excluding hydrogens is 371 g/mol. The standard InChI is InChI=1S/C15H12F3N5O2S/c1-8(22-25-14(24)19-10-6-4-3-5-7-10)11-9(2)23-13(26-11)20-12(21-23)15(16,17)18/h3-7H,1-2H3,(H,19,24). The molecule has 26 heavy (non-hydrogen) atoms. The molecule has 0 aliphatic carbocycles. The molecule has 0 atom stereocenters. The lowest BCUT2D eigenvalue weighted by Gasteiger charge is -2.03. The minimum absolute atomic E-state index is 0.0770. The van der Waals surface area contributed by atoms with Gasteiger partial charge in [-0.15, -0.1) is 5.10 Å². The number of amides is 1. The molecule has 0 bridgehead atoms. The van der Waals surface area contributed by atoms with Crippen LogP contribution in [0.25, 0.3) is 4.96 Å². The van der Waals surface area contributed by atoms with E-state index in [1.807, 2.05) is 0 Å². The van der Waals surface area contributed by atoms with Gasteiger partial charge >= 0.3 is 12.3 Å². The molecule has 0 saturated carbocycles. The molecule has 136 valence electrons. The second-order valence-electron chi connectivity index (χ2n) is 5.19. The van der Waals surface area contributed by atoms with Crippen molar-refractivity contribution in [1.82, 2.24) is 14.6 Å². The predicted octanol–water partition coefficient (Wildman–Crippen LogP) is 4.09. The van der Waals surface area contributed by atoms with Crippen molar-refractivity contribution in [3.8, 4) is 0 Å². The molecule has 2 aromatic heterocycles. The summed E-state index contributed by atoms with van der Waals surface area (Å²) in [4.78, 5) is 20.6. The van der Waals surface area contributed by atoms with E-state index < -0.39 is 18.1 Å². The van der Waals surface area contributed by atoms with Crippen LogP contribution in [0, 0.1) is 6.92 Å². The topological polar surface area (TPSA) is 80.9 Å². The highest BCUT2D eigenvalue weighted by molar-refractivity contribution is 7.19. The smallest absolute Gasteiger partial charge is 0.297 e. The molecule has 0 aliphatic rings. The number of anilines is 1. The van der Waals surface area contributed by atoms with Crippen molar-refractivity contribution in [3.05, 3.63) is 46.7 Å². The first-order valence-electron chi connectivity index (χ1n) is 7.27. The normalized spacial score (nSPS) is 12.4. The number of nitrogens with one attached hydrogen (secondary N) is 1. The molecule has 11 heteroatoms. The second-order valence-corrected chi connectivity index (χ2v) is 6.17. The van der Waals surface area contributed by atoms with Crippen molar-refractivity contribution in [1.29, 1.82) is 0 Å². The Hall–Kier alpha value is -2.95. The molecule has 0 aliphatic heterocycles. The maximum absolute atomic E-state index is 12.7. The molecule has 0 radical (unpaired) electrons. The molecular formula is C15H12F3N5O2S. The second kappa shape index (κ2) is 6.75. The molecule has 2 heterocycles. The third-order valence-corrected chi connectivity index (χ3v) is 4.53. The van der Waals surface area contributed by atoms with Gasteiger partial charge < -0.3 is 0 Å². The van der Waals surface area contributed by atoms with Crippen molar-refractivity contribution in [2.75, 3.05) is 5.32 Å². The molecule has 3 aromatic rings. The first-order chi connectivity index (χ1) is 12.3. The summed E-state index contributed by atoms with van der Waals surface area (Å²) in [5, 5.41) is 9.66. The van der Waals surface area contributed by atoms with E-state index in [1.54, 1.807) is 44.2 Å². The lowest BCUT2D eigenvalue weighted by Crippen LogP contribution is -2.12. The average Bonchev–Trinajstić information content (AvgIpc) is 3.13. The summed E-state index contributed by atoms with van der Waals surface area (Å²) in [6.07, 6.45) is -5.40. The molecule has 1 aromatic carbocycles. The van der Waals surface area contributed by atoms with Crippen LogP contribution in [0.4, 0.5) is 23.7 Å². The highest BCUT2D eigenvalue weighted by Crippen LogP contribution is 2.30. The summed E-state index contributed by atoms with van der Waals surface area (Å²) in [6.45, 7) is 3.15. The van der Waals surface area contributed by atoms with Gasteiger partial charge in [0.2, 0.25) is 4.96 Å². The number of nitrogens with zero attached hydrogens (tertiary/aromatic N) is 4. The number of carbonyl (C=O) groups is 1. The van der Waals surface area contributed by atoms with Crippen molar-refractivity contribution >= 4 is 33.8 Å². The van der Waals surface area contributed by atoms with Gasteiger partial charge in [-0.3, -0.25) is 10.2 Å². The van der Waals surface area contributed by atoms with Crippen LogP contribution in [0.15, 0.2) is 35.5 Å². The third kappa shape index (κ3) is 3.67. The van der Waals surface area contributed by atoms with Crippen LogP contribution in [0.1, 0.15) is 23.3 Å². The third-order valence-electron chi connectivity index (χ3n) is 3.28. The van der Waals surface area contributed by atoms with Crippen molar-refractivity contribution in [2.24, 2.45) is 5.16 Å². The van der Waals surface area contributed by atoms with E-state index in [0.29, 0.717) is 22.0 Å². The van der Waals surface area contributed by atoms with Crippen LogP contribution in [0.2, 0.25) is 0 Å². The maximum atomic E-state index is 12.7. The van der Waals surface area contributed by atoms with Gasteiger partial charge in [0, 0.05) is 5.69 Å². The van der Waals surface area contributed by atoms with Crippen LogP contribution in [-0.4, -0.2) is 26.4 Å². The van der Waals surface area contributed by atoms with Crippen molar-refractivity contribution in [2.45, 2.75) is 20.0 Å². The number of carbonyl (C=O) groups excluding carboxylic acids is 1. The number of para-hydroxylation sites is 1. The zero-order chi connectivity index (χ0) is 18.9. The fraction of sp³-hybridized carbons (Fsp3) is 0.200. The monoisotopic (exact) mass is 383 g/mol. The first-order valence-corrected chi connectivity index (χ1v) is 8.08. The molecule has 7 nitrogen and oxygen atoms in total. The SMILES string of the molecule is CC(=NOC(=O)Nc1ccccc1)c1sc2nc(C(F)(F)F)nn2c1C. The van der Waals surface area contributed by atoms with Crippen LogP contribution >= 0.6 is 11.3 Å². The van der Waals surface area contributed by atoms with Gasteiger partial charge in [0.15, 0.2) is 0 Å². The number of aryl methyl sites for hydroxylation is 1. The molecule has 0 fully saturated rings. The van der Waals surface area contributed by atoms with E-state index in [9.17, 15) is 18.0 Å². The summed E-state index contributed by atoms with van der Waals surface area (Å²) in [5.41, 5.74) is 1.28.